The molecule has 4 heteroatoms. The molecular formula is C24H28N2O2. The molecule has 3 aromatic rings. The fourth-order valence-corrected chi connectivity index (χ4v) is 3.04. The van der Waals surface area contributed by atoms with Crippen molar-refractivity contribution in [2.75, 3.05) is 23.8 Å². The van der Waals surface area contributed by atoms with E-state index in [4.69, 9.17) is 4.74 Å². The van der Waals surface area contributed by atoms with E-state index in [1.54, 1.807) is 0 Å². The third-order valence-corrected chi connectivity index (χ3v) is 4.61. The average Bonchev–Trinajstić information content (AvgIpc) is 2.73. The van der Waals surface area contributed by atoms with Gasteiger partial charge in [-0.25, -0.2) is 0 Å². The Morgan fingerprint density at radius 1 is 0.857 bits per heavy atom. The minimum atomic E-state index is -0.0820. The summed E-state index contributed by atoms with van der Waals surface area (Å²) >= 11 is 0. The summed E-state index contributed by atoms with van der Waals surface area (Å²) in [7, 11) is 0. The number of hydrogen-bond acceptors (Lipinski definition) is 3. The summed E-state index contributed by atoms with van der Waals surface area (Å²) in [6, 6.07) is 21.8. The van der Waals surface area contributed by atoms with Crippen LogP contribution in [0.1, 0.15) is 32.6 Å². The van der Waals surface area contributed by atoms with Gasteiger partial charge in [-0.15, -0.1) is 0 Å². The Morgan fingerprint density at radius 3 is 2.39 bits per heavy atom. The van der Waals surface area contributed by atoms with Crippen molar-refractivity contribution < 1.29 is 9.53 Å². The topological polar surface area (TPSA) is 50.4 Å². The van der Waals surface area contributed by atoms with E-state index in [0.29, 0.717) is 0 Å². The zero-order chi connectivity index (χ0) is 19.6. The van der Waals surface area contributed by atoms with Crippen molar-refractivity contribution in [2.45, 2.75) is 32.6 Å². The van der Waals surface area contributed by atoms with Gasteiger partial charge in [-0.1, -0.05) is 56.5 Å². The molecule has 28 heavy (non-hydrogen) atoms. The fourth-order valence-electron chi connectivity index (χ4n) is 3.04. The van der Waals surface area contributed by atoms with Crippen LogP contribution in [0.2, 0.25) is 0 Å². The number of carbonyl (C=O) groups excluding carboxylic acids is 1. The van der Waals surface area contributed by atoms with Crippen LogP contribution in [0.4, 0.5) is 11.4 Å². The quantitative estimate of drug-likeness (QED) is 0.436. The second-order valence-electron chi connectivity index (χ2n) is 6.90. The molecule has 4 nitrogen and oxygen atoms in total. The number of nitrogens with one attached hydrogen (secondary N) is 2. The van der Waals surface area contributed by atoms with Gasteiger partial charge in [-0.3, -0.25) is 4.79 Å². The SMILES string of the molecule is CCCCCCOc1ccc(NC(=O)CNc2ccc3ccccc3c2)cc1. The number of ether oxygens (including phenoxy) is 1. The van der Waals surface area contributed by atoms with Crippen molar-refractivity contribution in [1.82, 2.24) is 0 Å². The monoisotopic (exact) mass is 376 g/mol. The van der Waals surface area contributed by atoms with Crippen LogP contribution in [0.15, 0.2) is 66.7 Å². The molecule has 0 spiro atoms. The van der Waals surface area contributed by atoms with E-state index in [9.17, 15) is 4.79 Å². The lowest BCUT2D eigenvalue weighted by Gasteiger charge is -2.10. The van der Waals surface area contributed by atoms with Crippen molar-refractivity contribution in [3.8, 4) is 5.75 Å². The standard InChI is InChI=1S/C24H28N2O2/c1-2-3-4-7-16-28-23-14-12-21(13-15-23)26-24(27)18-25-22-11-10-19-8-5-6-9-20(19)17-22/h5-6,8-15,17,25H,2-4,7,16,18H2,1H3,(H,26,27). The van der Waals surface area contributed by atoms with Crippen molar-refractivity contribution in [3.63, 3.8) is 0 Å². The average molecular weight is 377 g/mol. The van der Waals surface area contributed by atoms with Crippen molar-refractivity contribution >= 4 is 28.1 Å². The second kappa shape index (κ2) is 10.4. The molecule has 3 aromatic carbocycles. The molecule has 0 aliphatic rings. The molecule has 0 atom stereocenters. The van der Waals surface area contributed by atoms with Gasteiger partial charge in [-0.05, 0) is 53.6 Å². The molecule has 0 heterocycles. The lowest BCUT2D eigenvalue weighted by molar-refractivity contribution is -0.114. The Bertz CT molecular complexity index is 891. The van der Waals surface area contributed by atoms with E-state index >= 15 is 0 Å². The summed E-state index contributed by atoms with van der Waals surface area (Å²) < 4.78 is 5.73. The first-order chi connectivity index (χ1) is 13.7. The summed E-state index contributed by atoms with van der Waals surface area (Å²) in [5.74, 6) is 0.755. The Kier molecular flexibility index (Phi) is 7.30. The molecule has 0 saturated heterocycles. The maximum atomic E-state index is 12.2. The van der Waals surface area contributed by atoms with Crippen LogP contribution in [-0.4, -0.2) is 19.1 Å². The summed E-state index contributed by atoms with van der Waals surface area (Å²) in [4.78, 5) is 12.2. The number of anilines is 2. The van der Waals surface area contributed by atoms with Crippen LogP contribution in [0.5, 0.6) is 5.75 Å². The number of benzene rings is 3. The fraction of sp³-hybridized carbons (Fsp3) is 0.292. The van der Waals surface area contributed by atoms with Crippen LogP contribution in [0.25, 0.3) is 10.8 Å². The highest BCUT2D eigenvalue weighted by molar-refractivity contribution is 5.94. The van der Waals surface area contributed by atoms with Crippen LogP contribution in [0, 0.1) is 0 Å². The molecule has 0 aliphatic carbocycles. The molecular weight excluding hydrogens is 348 g/mol. The Hall–Kier alpha value is -3.01. The number of hydrogen-bond donors (Lipinski definition) is 2. The first kappa shape index (κ1) is 19.7. The van der Waals surface area contributed by atoms with Crippen molar-refractivity contribution in [1.29, 1.82) is 0 Å². The van der Waals surface area contributed by atoms with E-state index in [2.05, 4.69) is 41.8 Å². The van der Waals surface area contributed by atoms with Gasteiger partial charge in [0.15, 0.2) is 0 Å². The molecule has 1 amide bonds. The molecule has 0 radical (unpaired) electrons. The Morgan fingerprint density at radius 2 is 1.61 bits per heavy atom. The van der Waals surface area contributed by atoms with Crippen LogP contribution >= 0.6 is 0 Å². The van der Waals surface area contributed by atoms with E-state index in [0.717, 1.165) is 35.5 Å². The normalized spacial score (nSPS) is 10.6. The highest BCUT2D eigenvalue weighted by Gasteiger charge is 2.04. The van der Waals surface area contributed by atoms with Gasteiger partial charge in [0.25, 0.3) is 0 Å². The van der Waals surface area contributed by atoms with E-state index in [1.165, 1.54) is 24.6 Å². The third-order valence-electron chi connectivity index (χ3n) is 4.61. The summed E-state index contributed by atoms with van der Waals surface area (Å²) in [6.45, 7) is 3.15. The largest absolute Gasteiger partial charge is 0.494 e. The summed E-state index contributed by atoms with van der Waals surface area (Å²) in [5, 5.41) is 8.42. The maximum Gasteiger partial charge on any atom is 0.243 e. The summed E-state index contributed by atoms with van der Waals surface area (Å²) in [5.41, 5.74) is 1.70. The molecule has 0 aromatic heterocycles. The molecule has 0 fully saturated rings. The number of fused-ring (bicyclic) bond motifs is 1. The molecule has 0 bridgehead atoms. The number of carbonyl (C=O) groups is 1. The van der Waals surface area contributed by atoms with E-state index < -0.39 is 0 Å². The first-order valence-electron chi connectivity index (χ1n) is 10.00. The first-order valence-corrected chi connectivity index (χ1v) is 10.00. The zero-order valence-corrected chi connectivity index (χ0v) is 16.4. The molecule has 0 aliphatic heterocycles. The summed E-state index contributed by atoms with van der Waals surface area (Å²) in [6.07, 6.45) is 4.76. The maximum absolute atomic E-state index is 12.2. The molecule has 146 valence electrons. The lowest BCUT2D eigenvalue weighted by Crippen LogP contribution is -2.21. The number of rotatable bonds is 10. The van der Waals surface area contributed by atoms with Crippen molar-refractivity contribution in [2.24, 2.45) is 0 Å². The predicted octanol–water partition coefficient (Wildman–Crippen LogP) is 5.85. The Labute approximate surface area is 166 Å². The van der Waals surface area contributed by atoms with Gasteiger partial charge < -0.3 is 15.4 Å². The van der Waals surface area contributed by atoms with E-state index in [1.807, 2.05) is 42.5 Å². The van der Waals surface area contributed by atoms with Gasteiger partial charge in [-0.2, -0.15) is 0 Å². The van der Waals surface area contributed by atoms with Gasteiger partial charge in [0.1, 0.15) is 5.75 Å². The number of amides is 1. The van der Waals surface area contributed by atoms with Gasteiger partial charge >= 0.3 is 0 Å². The molecule has 2 N–H and O–H groups in total. The zero-order valence-electron chi connectivity index (χ0n) is 16.4. The van der Waals surface area contributed by atoms with Gasteiger partial charge in [0.05, 0.1) is 13.2 Å². The van der Waals surface area contributed by atoms with Gasteiger partial charge in [0, 0.05) is 11.4 Å². The van der Waals surface area contributed by atoms with Crippen LogP contribution in [-0.2, 0) is 4.79 Å². The second-order valence-corrected chi connectivity index (χ2v) is 6.90. The Balaban J connectivity index is 1.43. The smallest absolute Gasteiger partial charge is 0.243 e. The minimum absolute atomic E-state index is 0.0820. The van der Waals surface area contributed by atoms with Crippen molar-refractivity contribution in [3.05, 3.63) is 66.7 Å². The molecule has 3 rings (SSSR count). The van der Waals surface area contributed by atoms with Crippen LogP contribution in [0.3, 0.4) is 0 Å². The molecule has 0 unspecified atom stereocenters. The minimum Gasteiger partial charge on any atom is -0.494 e. The molecule has 0 saturated carbocycles. The highest BCUT2D eigenvalue weighted by Crippen LogP contribution is 2.19. The predicted molar refractivity (Wildman–Crippen MR) is 117 cm³/mol. The lowest BCUT2D eigenvalue weighted by atomic mass is 10.1. The van der Waals surface area contributed by atoms with E-state index in [-0.39, 0.29) is 12.5 Å². The van der Waals surface area contributed by atoms with Crippen LogP contribution < -0.4 is 15.4 Å². The highest BCUT2D eigenvalue weighted by atomic mass is 16.5. The number of unbranched alkanes of at least 4 members (excludes halogenated alkanes) is 3. The third kappa shape index (κ3) is 6.02. The van der Waals surface area contributed by atoms with Gasteiger partial charge in [0.2, 0.25) is 5.91 Å².